The van der Waals surface area contributed by atoms with E-state index in [-0.39, 0.29) is 12.5 Å². The average molecular weight is 795 g/mol. The van der Waals surface area contributed by atoms with Crippen LogP contribution in [0.15, 0.2) is 48.6 Å². The fraction of sp³-hybridized carbons (Fsp3) is 0.804. The van der Waals surface area contributed by atoms with Crippen molar-refractivity contribution >= 4 is 13.7 Å². The molecule has 0 radical (unpaired) electrons. The topological polar surface area (TPSA) is 108 Å². The zero-order valence-corrected chi connectivity index (χ0v) is 37.3. The first-order valence-corrected chi connectivity index (χ1v) is 24.0. The van der Waals surface area contributed by atoms with Crippen LogP contribution in [0.1, 0.15) is 187 Å². The molecule has 0 aromatic rings. The summed E-state index contributed by atoms with van der Waals surface area (Å²) in [6, 6.07) is -0.902. The van der Waals surface area contributed by atoms with Gasteiger partial charge >= 0.3 is 0 Å². The number of amides is 1. The van der Waals surface area contributed by atoms with Gasteiger partial charge in [0.1, 0.15) is 13.2 Å². The van der Waals surface area contributed by atoms with Crippen LogP contribution in [0.2, 0.25) is 0 Å². The molecule has 8 nitrogen and oxygen atoms in total. The Morgan fingerprint density at radius 3 is 1.60 bits per heavy atom. The van der Waals surface area contributed by atoms with E-state index in [0.29, 0.717) is 17.4 Å². The number of rotatable bonds is 40. The lowest BCUT2D eigenvalue weighted by molar-refractivity contribution is -0.870. The van der Waals surface area contributed by atoms with E-state index in [1.807, 2.05) is 27.2 Å². The monoisotopic (exact) mass is 795 g/mol. The third kappa shape index (κ3) is 40.5. The van der Waals surface area contributed by atoms with Crippen LogP contribution in [0.5, 0.6) is 0 Å². The second-order valence-corrected chi connectivity index (χ2v) is 17.8. The molecule has 322 valence electrons. The molecule has 0 heterocycles. The number of allylic oxidation sites excluding steroid dienone is 7. The Labute approximate surface area is 339 Å². The van der Waals surface area contributed by atoms with Crippen molar-refractivity contribution in [2.45, 2.75) is 199 Å². The minimum absolute atomic E-state index is 0.00806. The quantitative estimate of drug-likeness (QED) is 0.0277. The van der Waals surface area contributed by atoms with E-state index >= 15 is 0 Å². The maximum absolute atomic E-state index is 12.8. The predicted octanol–water partition coefficient (Wildman–Crippen LogP) is 11.8. The number of phosphoric acid groups is 1. The van der Waals surface area contributed by atoms with Crippen LogP contribution in [0.3, 0.4) is 0 Å². The van der Waals surface area contributed by atoms with Crippen molar-refractivity contribution in [1.29, 1.82) is 0 Å². The van der Waals surface area contributed by atoms with E-state index in [1.165, 1.54) is 122 Å². The highest BCUT2D eigenvalue weighted by Crippen LogP contribution is 2.38. The molecule has 1 amide bonds. The summed E-state index contributed by atoms with van der Waals surface area (Å²) in [5.41, 5.74) is 0. The summed E-state index contributed by atoms with van der Waals surface area (Å²) in [5.74, 6) is -0.213. The number of hydrogen-bond acceptors (Lipinski definition) is 6. The van der Waals surface area contributed by atoms with Crippen LogP contribution in [-0.4, -0.2) is 68.5 Å². The maximum atomic E-state index is 12.8. The highest BCUT2D eigenvalue weighted by atomic mass is 31.2. The highest BCUT2D eigenvalue weighted by molar-refractivity contribution is 7.45. The van der Waals surface area contributed by atoms with Gasteiger partial charge in [0.25, 0.3) is 7.82 Å². The summed E-state index contributed by atoms with van der Waals surface area (Å²) < 4.78 is 23.1. The van der Waals surface area contributed by atoms with Crippen LogP contribution >= 0.6 is 7.82 Å². The summed E-state index contributed by atoms with van der Waals surface area (Å²) in [4.78, 5) is 25.2. The van der Waals surface area contributed by atoms with Crippen molar-refractivity contribution in [3.05, 3.63) is 48.6 Å². The number of unbranched alkanes of at least 4 members (excludes halogenated alkanes) is 21. The maximum Gasteiger partial charge on any atom is 0.268 e. The van der Waals surface area contributed by atoms with Crippen molar-refractivity contribution in [2.24, 2.45) is 0 Å². The van der Waals surface area contributed by atoms with E-state index in [4.69, 9.17) is 9.05 Å². The van der Waals surface area contributed by atoms with Crippen LogP contribution in [-0.2, 0) is 18.4 Å². The summed E-state index contributed by atoms with van der Waals surface area (Å²) in [6.45, 7) is 4.56. The molecule has 55 heavy (non-hydrogen) atoms. The van der Waals surface area contributed by atoms with Crippen LogP contribution < -0.4 is 10.2 Å². The Morgan fingerprint density at radius 1 is 0.636 bits per heavy atom. The minimum atomic E-state index is -4.59. The number of carbonyl (C=O) groups excluding carboxylic acids is 1. The number of nitrogens with one attached hydrogen (secondary N) is 1. The number of likely N-dealkylation sites (N-methyl/N-ethyl adjacent to an activating group) is 1. The van der Waals surface area contributed by atoms with Crippen molar-refractivity contribution in [3.63, 3.8) is 0 Å². The zero-order chi connectivity index (χ0) is 40.7. The molecule has 9 heteroatoms. The Bertz CT molecular complexity index is 1040. The first-order valence-electron chi connectivity index (χ1n) is 22.5. The molecule has 0 bridgehead atoms. The number of quaternary nitrogens is 1. The van der Waals surface area contributed by atoms with Gasteiger partial charge in [-0.25, -0.2) is 0 Å². The lowest BCUT2D eigenvalue weighted by Crippen LogP contribution is -2.45. The first kappa shape index (κ1) is 53.5. The van der Waals surface area contributed by atoms with Gasteiger partial charge in [0.05, 0.1) is 39.9 Å². The van der Waals surface area contributed by atoms with E-state index in [9.17, 15) is 19.4 Å². The number of carbonyl (C=O) groups is 1. The highest BCUT2D eigenvalue weighted by Gasteiger charge is 2.23. The van der Waals surface area contributed by atoms with E-state index in [1.54, 1.807) is 6.08 Å². The SMILES string of the molecule is CCCCCC/C=C/CC/C=C/C(O)C(COP(=O)([O-])OCC[N+](C)(C)C)NC(=O)CCCCCCCCCCCCC/C=C\C/C=C\CCCCCCC. The van der Waals surface area contributed by atoms with Crippen LogP contribution in [0, 0.1) is 0 Å². The Hall–Kier alpha value is -1.54. The zero-order valence-electron chi connectivity index (χ0n) is 36.4. The van der Waals surface area contributed by atoms with Gasteiger partial charge in [0.2, 0.25) is 5.91 Å². The lowest BCUT2D eigenvalue weighted by Gasteiger charge is -2.29. The smallest absolute Gasteiger partial charge is 0.268 e. The third-order valence-corrected chi connectivity index (χ3v) is 10.7. The molecule has 2 N–H and O–H groups in total. The number of phosphoric ester groups is 1. The lowest BCUT2D eigenvalue weighted by atomic mass is 10.0. The molecule has 0 fully saturated rings. The summed E-state index contributed by atoms with van der Waals surface area (Å²) in [7, 11) is 1.24. The van der Waals surface area contributed by atoms with Gasteiger partial charge in [0.15, 0.2) is 0 Å². The molecule has 0 aromatic heterocycles. The summed E-state index contributed by atoms with van der Waals surface area (Å²) in [5, 5.41) is 13.7. The Balaban J connectivity index is 4.27. The normalized spacial score (nSPS) is 14.8. The van der Waals surface area contributed by atoms with Gasteiger partial charge in [-0.15, -0.1) is 0 Å². The third-order valence-electron chi connectivity index (χ3n) is 9.76. The first-order chi connectivity index (χ1) is 26.5. The predicted molar refractivity (Wildman–Crippen MR) is 233 cm³/mol. The van der Waals surface area contributed by atoms with Gasteiger partial charge in [-0.05, 0) is 64.2 Å². The molecule has 3 unspecified atom stereocenters. The minimum Gasteiger partial charge on any atom is -0.756 e. The van der Waals surface area contributed by atoms with E-state index in [2.05, 4.69) is 55.6 Å². The second kappa shape index (κ2) is 38.0. The number of hydrogen-bond donors (Lipinski definition) is 2. The van der Waals surface area contributed by atoms with Gasteiger partial charge in [-0.3, -0.25) is 9.36 Å². The Kier molecular flexibility index (Phi) is 36.9. The molecule has 0 aliphatic carbocycles. The Morgan fingerprint density at radius 2 is 1.07 bits per heavy atom. The van der Waals surface area contributed by atoms with Crippen molar-refractivity contribution < 1.29 is 32.9 Å². The molecule has 0 spiro atoms. The van der Waals surface area contributed by atoms with Crippen LogP contribution in [0.25, 0.3) is 0 Å². The van der Waals surface area contributed by atoms with E-state index in [0.717, 1.165) is 44.9 Å². The van der Waals surface area contributed by atoms with E-state index < -0.39 is 26.6 Å². The van der Waals surface area contributed by atoms with Crippen LogP contribution in [0.4, 0.5) is 0 Å². The molecule has 0 aromatic carbocycles. The average Bonchev–Trinajstić information content (AvgIpc) is 3.13. The molecule has 0 saturated heterocycles. The number of aliphatic hydroxyl groups is 1. The standard InChI is InChI=1S/C46H87N2O6P/c1-6-8-10-12-14-16-18-19-20-21-22-23-24-25-26-27-28-29-30-32-34-36-38-40-46(50)47-44(43-54-55(51,52)53-42-41-48(3,4)5)45(49)39-37-35-33-31-17-15-13-11-9-7-2/h17-19,21-22,31,37,39,44-45,49H,6-16,20,23-30,32-36,38,40-43H2,1-5H3,(H-,47,50,51,52)/b19-18-,22-21-,31-17+,39-37+. The number of aliphatic hydroxyl groups excluding tert-OH is 1. The number of nitrogens with zero attached hydrogens (tertiary/aromatic N) is 1. The molecule has 3 atom stereocenters. The van der Waals surface area contributed by atoms with Gasteiger partial charge in [-0.1, -0.05) is 165 Å². The van der Waals surface area contributed by atoms with Gasteiger partial charge in [0, 0.05) is 6.42 Å². The second-order valence-electron chi connectivity index (χ2n) is 16.4. The largest absolute Gasteiger partial charge is 0.756 e. The fourth-order valence-electron chi connectivity index (χ4n) is 6.14. The molecule has 0 rings (SSSR count). The summed E-state index contributed by atoms with van der Waals surface area (Å²) >= 11 is 0. The van der Waals surface area contributed by atoms with Gasteiger partial charge in [-0.2, -0.15) is 0 Å². The van der Waals surface area contributed by atoms with Crippen molar-refractivity contribution in [2.75, 3.05) is 40.9 Å². The van der Waals surface area contributed by atoms with Crippen molar-refractivity contribution in [3.8, 4) is 0 Å². The molecule has 0 aliphatic heterocycles. The molecular weight excluding hydrogens is 707 g/mol. The fourth-order valence-corrected chi connectivity index (χ4v) is 6.86. The molecule has 0 saturated carbocycles. The van der Waals surface area contributed by atoms with Gasteiger partial charge < -0.3 is 28.8 Å². The summed E-state index contributed by atoms with van der Waals surface area (Å²) in [6.07, 6.45) is 47.4. The van der Waals surface area contributed by atoms with Crippen molar-refractivity contribution in [1.82, 2.24) is 5.32 Å². The molecule has 0 aliphatic rings. The molecular formula is C46H87N2O6P.